The van der Waals surface area contributed by atoms with Crippen molar-refractivity contribution in [3.8, 4) is 0 Å². The van der Waals surface area contributed by atoms with Gasteiger partial charge in [0.2, 0.25) is 0 Å². The summed E-state index contributed by atoms with van der Waals surface area (Å²) in [5, 5.41) is 8.69. The summed E-state index contributed by atoms with van der Waals surface area (Å²) in [5.41, 5.74) is 6.79. The molecule has 0 spiro atoms. The number of anilines is 1. The van der Waals surface area contributed by atoms with Crippen LogP contribution in [0.1, 0.15) is 16.9 Å². The van der Waals surface area contributed by atoms with Gasteiger partial charge in [-0.1, -0.05) is 0 Å². The van der Waals surface area contributed by atoms with Crippen molar-refractivity contribution in [3.05, 3.63) is 24.0 Å². The van der Waals surface area contributed by atoms with E-state index in [1.807, 2.05) is 0 Å². The Kier molecular flexibility index (Phi) is 2.55. The van der Waals surface area contributed by atoms with Crippen LogP contribution in [0.25, 0.3) is 0 Å². The van der Waals surface area contributed by atoms with Crippen LogP contribution in [0.2, 0.25) is 0 Å². The first-order chi connectivity index (χ1) is 7.16. The smallest absolute Gasteiger partial charge is 0.354 e. The fourth-order valence-electron chi connectivity index (χ4n) is 1.72. The first-order valence-electron chi connectivity index (χ1n) is 4.86. The fourth-order valence-corrected chi connectivity index (χ4v) is 1.72. The Hall–Kier alpha value is -1.62. The van der Waals surface area contributed by atoms with Gasteiger partial charge in [0.1, 0.15) is 5.69 Å². The average Bonchev–Trinajstić information content (AvgIpc) is 2.65. The molecule has 1 aromatic rings. The van der Waals surface area contributed by atoms with E-state index in [0.717, 1.165) is 25.2 Å². The van der Waals surface area contributed by atoms with E-state index in [2.05, 4.69) is 9.88 Å². The number of aromatic nitrogens is 1. The highest BCUT2D eigenvalue weighted by Gasteiger charge is 2.19. The van der Waals surface area contributed by atoms with E-state index >= 15 is 0 Å². The molecule has 1 aliphatic rings. The van der Waals surface area contributed by atoms with Crippen molar-refractivity contribution in [1.82, 2.24) is 4.98 Å². The summed E-state index contributed by atoms with van der Waals surface area (Å²) < 4.78 is 0. The van der Waals surface area contributed by atoms with Crippen LogP contribution in [-0.4, -0.2) is 35.2 Å². The summed E-state index contributed by atoms with van der Waals surface area (Å²) in [4.78, 5) is 16.6. The lowest BCUT2D eigenvalue weighted by atomic mass is 10.3. The minimum absolute atomic E-state index is 0.0715. The van der Waals surface area contributed by atoms with Crippen LogP contribution < -0.4 is 10.6 Å². The minimum atomic E-state index is -1.00. The SMILES string of the molecule is NC1CCN(c2ccc(C(=O)O)nc2)C1. The molecule has 0 aromatic carbocycles. The Morgan fingerprint density at radius 1 is 1.60 bits per heavy atom. The third kappa shape index (κ3) is 2.07. The number of carboxylic acid groups (broad SMARTS) is 1. The number of carboxylic acids is 1. The van der Waals surface area contributed by atoms with E-state index < -0.39 is 5.97 Å². The van der Waals surface area contributed by atoms with Crippen molar-refractivity contribution >= 4 is 11.7 Å². The monoisotopic (exact) mass is 207 g/mol. The maximum atomic E-state index is 10.6. The number of rotatable bonds is 2. The first-order valence-corrected chi connectivity index (χ1v) is 4.86. The van der Waals surface area contributed by atoms with Crippen LogP contribution in [0, 0.1) is 0 Å². The molecule has 3 N–H and O–H groups in total. The average molecular weight is 207 g/mol. The summed E-state index contributed by atoms with van der Waals surface area (Å²) >= 11 is 0. The number of nitrogens with zero attached hydrogens (tertiary/aromatic N) is 2. The van der Waals surface area contributed by atoms with Gasteiger partial charge in [-0.3, -0.25) is 0 Å². The zero-order chi connectivity index (χ0) is 10.8. The van der Waals surface area contributed by atoms with E-state index in [0.29, 0.717) is 0 Å². The van der Waals surface area contributed by atoms with Gasteiger partial charge in [-0.2, -0.15) is 0 Å². The van der Waals surface area contributed by atoms with Crippen molar-refractivity contribution in [2.24, 2.45) is 5.73 Å². The largest absolute Gasteiger partial charge is 0.477 e. The summed E-state index contributed by atoms with van der Waals surface area (Å²) in [5.74, 6) is -1.00. The maximum absolute atomic E-state index is 10.6. The standard InChI is InChI=1S/C10H13N3O2/c11-7-3-4-13(6-7)8-1-2-9(10(14)15)12-5-8/h1-2,5,7H,3-4,6,11H2,(H,14,15). The van der Waals surface area contributed by atoms with Gasteiger partial charge in [-0.05, 0) is 18.6 Å². The molecule has 2 rings (SSSR count). The molecule has 1 fully saturated rings. The molecule has 0 bridgehead atoms. The maximum Gasteiger partial charge on any atom is 0.354 e. The van der Waals surface area contributed by atoms with Gasteiger partial charge in [0.25, 0.3) is 0 Å². The molecule has 2 heterocycles. The molecule has 0 radical (unpaired) electrons. The summed E-state index contributed by atoms with van der Waals surface area (Å²) in [7, 11) is 0. The van der Waals surface area contributed by atoms with Crippen molar-refractivity contribution < 1.29 is 9.90 Å². The van der Waals surface area contributed by atoms with E-state index in [-0.39, 0.29) is 11.7 Å². The predicted molar refractivity (Wildman–Crippen MR) is 56.0 cm³/mol. The second-order valence-electron chi connectivity index (χ2n) is 3.70. The highest BCUT2D eigenvalue weighted by Crippen LogP contribution is 2.18. The number of carbonyl (C=O) groups is 1. The second-order valence-corrected chi connectivity index (χ2v) is 3.70. The Bertz CT molecular complexity index is 363. The molecule has 1 aliphatic heterocycles. The van der Waals surface area contributed by atoms with Crippen LogP contribution in [0.15, 0.2) is 18.3 Å². The molecule has 0 saturated carbocycles. The Morgan fingerprint density at radius 2 is 2.40 bits per heavy atom. The Balaban J connectivity index is 2.13. The lowest BCUT2D eigenvalue weighted by Crippen LogP contribution is -2.26. The van der Waals surface area contributed by atoms with Crippen LogP contribution in [-0.2, 0) is 0 Å². The number of aromatic carboxylic acids is 1. The van der Waals surface area contributed by atoms with E-state index in [9.17, 15) is 4.79 Å². The van der Waals surface area contributed by atoms with Gasteiger partial charge in [-0.15, -0.1) is 0 Å². The van der Waals surface area contributed by atoms with Crippen LogP contribution in [0.3, 0.4) is 0 Å². The number of hydrogen-bond acceptors (Lipinski definition) is 4. The van der Waals surface area contributed by atoms with Crippen LogP contribution >= 0.6 is 0 Å². The third-order valence-electron chi connectivity index (χ3n) is 2.56. The minimum Gasteiger partial charge on any atom is -0.477 e. The zero-order valence-electron chi connectivity index (χ0n) is 8.26. The highest BCUT2D eigenvalue weighted by atomic mass is 16.4. The molecule has 5 nitrogen and oxygen atoms in total. The number of nitrogens with two attached hydrogens (primary N) is 1. The van der Waals surface area contributed by atoms with Crippen LogP contribution in [0.5, 0.6) is 0 Å². The molecule has 0 aliphatic carbocycles. The van der Waals surface area contributed by atoms with E-state index in [1.165, 1.54) is 6.07 Å². The van der Waals surface area contributed by atoms with Gasteiger partial charge < -0.3 is 15.7 Å². The number of hydrogen-bond donors (Lipinski definition) is 2. The molecule has 5 heteroatoms. The fraction of sp³-hybridized carbons (Fsp3) is 0.400. The molecule has 1 atom stereocenters. The molecule has 0 amide bonds. The van der Waals surface area contributed by atoms with Gasteiger partial charge in [0.05, 0.1) is 11.9 Å². The van der Waals surface area contributed by atoms with Crippen LogP contribution in [0.4, 0.5) is 5.69 Å². The Morgan fingerprint density at radius 3 is 2.87 bits per heavy atom. The quantitative estimate of drug-likeness (QED) is 0.730. The van der Waals surface area contributed by atoms with E-state index in [1.54, 1.807) is 12.3 Å². The predicted octanol–water partition coefficient (Wildman–Crippen LogP) is 0.317. The van der Waals surface area contributed by atoms with Crippen molar-refractivity contribution in [1.29, 1.82) is 0 Å². The molecule has 80 valence electrons. The second kappa shape index (κ2) is 3.86. The Labute approximate surface area is 87.5 Å². The van der Waals surface area contributed by atoms with Crippen molar-refractivity contribution in [2.45, 2.75) is 12.5 Å². The normalized spacial score (nSPS) is 20.6. The van der Waals surface area contributed by atoms with Gasteiger partial charge >= 0.3 is 5.97 Å². The lowest BCUT2D eigenvalue weighted by Gasteiger charge is -2.17. The van der Waals surface area contributed by atoms with E-state index in [4.69, 9.17) is 10.8 Å². The summed E-state index contributed by atoms with van der Waals surface area (Å²) in [6.07, 6.45) is 2.56. The number of pyridine rings is 1. The molecular weight excluding hydrogens is 194 g/mol. The molecule has 1 unspecified atom stereocenters. The van der Waals surface area contributed by atoms with Gasteiger partial charge in [0, 0.05) is 19.1 Å². The molecule has 1 aromatic heterocycles. The molecule has 1 saturated heterocycles. The molecule has 15 heavy (non-hydrogen) atoms. The highest BCUT2D eigenvalue weighted by molar-refractivity contribution is 5.85. The summed E-state index contributed by atoms with van der Waals surface area (Å²) in [6.45, 7) is 1.73. The topological polar surface area (TPSA) is 79.5 Å². The first kappa shape index (κ1) is 9.92. The summed E-state index contributed by atoms with van der Waals surface area (Å²) in [6, 6.07) is 3.50. The van der Waals surface area contributed by atoms with Crippen molar-refractivity contribution in [2.75, 3.05) is 18.0 Å². The lowest BCUT2D eigenvalue weighted by molar-refractivity contribution is 0.0690. The third-order valence-corrected chi connectivity index (χ3v) is 2.56. The van der Waals surface area contributed by atoms with Crippen molar-refractivity contribution in [3.63, 3.8) is 0 Å². The molecular formula is C10H13N3O2. The van der Waals surface area contributed by atoms with Gasteiger partial charge in [0.15, 0.2) is 0 Å². The van der Waals surface area contributed by atoms with Gasteiger partial charge in [-0.25, -0.2) is 9.78 Å². The zero-order valence-corrected chi connectivity index (χ0v) is 8.26.